The predicted octanol–water partition coefficient (Wildman–Crippen LogP) is 3.61. The highest BCUT2D eigenvalue weighted by molar-refractivity contribution is 7.89. The zero-order valence-corrected chi connectivity index (χ0v) is 19.3. The minimum absolute atomic E-state index is 0.0382. The van der Waals surface area contributed by atoms with Gasteiger partial charge in [-0.15, -0.1) is 0 Å². The Labute approximate surface area is 195 Å². The first-order chi connectivity index (χ1) is 15.6. The number of hydrogen-bond donors (Lipinski definition) is 1. The van der Waals surface area contributed by atoms with Gasteiger partial charge in [0.1, 0.15) is 0 Å². The zero-order valence-electron chi connectivity index (χ0n) is 17.7. The number of hydrogen-bond acceptors (Lipinski definition) is 7. The van der Waals surface area contributed by atoms with E-state index < -0.39 is 33.4 Å². The Kier molecular flexibility index (Phi) is 7.67. The number of nitrogens with zero attached hydrogens (tertiary/aromatic N) is 2. The van der Waals surface area contributed by atoms with Gasteiger partial charge in [0.05, 0.1) is 26.1 Å². The Hall–Kier alpha value is -3.02. The molecule has 1 aliphatic heterocycles. The van der Waals surface area contributed by atoms with Crippen LogP contribution in [0.2, 0.25) is 5.02 Å². The number of carbonyl (C=O) groups is 2. The summed E-state index contributed by atoms with van der Waals surface area (Å²) < 4.78 is 32.2. The van der Waals surface area contributed by atoms with Crippen LogP contribution in [0, 0.1) is 10.1 Å². The maximum absolute atomic E-state index is 12.9. The zero-order chi connectivity index (χ0) is 24.2. The van der Waals surface area contributed by atoms with Crippen LogP contribution >= 0.6 is 11.6 Å². The summed E-state index contributed by atoms with van der Waals surface area (Å²) in [4.78, 5) is 34.5. The Balaban J connectivity index is 1.58. The third-order valence-electron chi connectivity index (χ3n) is 5.21. The monoisotopic (exact) mass is 495 g/mol. The normalized spacial score (nSPS) is 16.7. The Morgan fingerprint density at radius 1 is 1.21 bits per heavy atom. The fourth-order valence-corrected chi connectivity index (χ4v) is 5.37. The lowest BCUT2D eigenvalue weighted by Gasteiger charge is -2.32. The summed E-state index contributed by atoms with van der Waals surface area (Å²) in [6.45, 7) is 1.70. The standard InChI is InChI=1S/C21H22ClN3O7S/c1-14-4-2-3-11-24(14)33(30,31)17-8-5-15(6-9-17)21(27)32-13-20(26)23-19-10-7-16(25(28)29)12-18(19)22/h5-10,12,14H,2-4,11,13H2,1H3,(H,23,26). The first-order valence-electron chi connectivity index (χ1n) is 10.1. The molecule has 0 aliphatic carbocycles. The number of rotatable bonds is 7. The second kappa shape index (κ2) is 10.3. The van der Waals surface area contributed by atoms with Gasteiger partial charge in [-0.05, 0) is 50.1 Å². The molecule has 1 atom stereocenters. The van der Waals surface area contributed by atoms with Crippen LogP contribution in [0.4, 0.5) is 11.4 Å². The number of benzene rings is 2. The van der Waals surface area contributed by atoms with E-state index in [0.29, 0.717) is 6.54 Å². The molecule has 0 saturated carbocycles. The van der Waals surface area contributed by atoms with Gasteiger partial charge in [0.15, 0.2) is 6.61 Å². The molecule has 1 heterocycles. The molecule has 3 rings (SSSR count). The first-order valence-corrected chi connectivity index (χ1v) is 11.9. The molecular weight excluding hydrogens is 474 g/mol. The van der Waals surface area contributed by atoms with E-state index in [2.05, 4.69) is 5.32 Å². The van der Waals surface area contributed by atoms with Crippen molar-refractivity contribution in [2.45, 2.75) is 37.1 Å². The number of sulfonamides is 1. The molecule has 0 aromatic heterocycles. The van der Waals surface area contributed by atoms with Gasteiger partial charge in [-0.1, -0.05) is 18.0 Å². The third kappa shape index (κ3) is 5.86. The van der Waals surface area contributed by atoms with E-state index in [0.717, 1.165) is 25.3 Å². The van der Waals surface area contributed by atoms with Crippen molar-refractivity contribution in [2.24, 2.45) is 0 Å². The molecule has 12 heteroatoms. The lowest BCUT2D eigenvalue weighted by molar-refractivity contribution is -0.384. The van der Waals surface area contributed by atoms with Crippen molar-refractivity contribution in [3.63, 3.8) is 0 Å². The van der Waals surface area contributed by atoms with Gasteiger partial charge in [-0.25, -0.2) is 13.2 Å². The van der Waals surface area contributed by atoms with E-state index >= 15 is 0 Å². The molecule has 2 aromatic carbocycles. The van der Waals surface area contributed by atoms with Crippen LogP contribution in [0.25, 0.3) is 0 Å². The quantitative estimate of drug-likeness (QED) is 0.352. The summed E-state index contributed by atoms with van der Waals surface area (Å²) in [6.07, 6.45) is 2.60. The molecule has 176 valence electrons. The van der Waals surface area contributed by atoms with Crippen molar-refractivity contribution in [3.05, 3.63) is 63.2 Å². The van der Waals surface area contributed by atoms with Crippen molar-refractivity contribution >= 4 is 44.9 Å². The number of esters is 1. The molecule has 1 unspecified atom stereocenters. The van der Waals surface area contributed by atoms with E-state index in [4.69, 9.17) is 16.3 Å². The highest BCUT2D eigenvalue weighted by atomic mass is 35.5. The fraction of sp³-hybridized carbons (Fsp3) is 0.333. The number of nitro groups is 1. The molecule has 0 radical (unpaired) electrons. The number of halogens is 1. The molecule has 1 fully saturated rings. The van der Waals surface area contributed by atoms with Gasteiger partial charge in [-0.3, -0.25) is 14.9 Å². The lowest BCUT2D eigenvalue weighted by atomic mass is 10.1. The SMILES string of the molecule is CC1CCCCN1S(=O)(=O)c1ccc(C(=O)OCC(=O)Nc2ccc([N+](=O)[O-])cc2Cl)cc1. The minimum atomic E-state index is -3.66. The second-order valence-corrected chi connectivity index (χ2v) is 9.83. The molecule has 1 aliphatic rings. The van der Waals surface area contributed by atoms with Crippen LogP contribution in [-0.2, 0) is 19.6 Å². The number of nitrogens with one attached hydrogen (secondary N) is 1. The Bertz CT molecular complexity index is 1170. The second-order valence-electron chi connectivity index (χ2n) is 7.53. The number of piperidine rings is 1. The average Bonchev–Trinajstić information content (AvgIpc) is 2.79. The van der Waals surface area contributed by atoms with E-state index in [1.54, 1.807) is 0 Å². The van der Waals surface area contributed by atoms with Crippen LogP contribution in [0.15, 0.2) is 47.4 Å². The van der Waals surface area contributed by atoms with E-state index in [1.807, 2.05) is 6.92 Å². The summed E-state index contributed by atoms with van der Waals surface area (Å²) in [5.74, 6) is -1.51. The number of carbonyl (C=O) groups excluding carboxylic acids is 2. The van der Waals surface area contributed by atoms with Crippen molar-refractivity contribution in [3.8, 4) is 0 Å². The van der Waals surface area contributed by atoms with Crippen LogP contribution in [0.5, 0.6) is 0 Å². The van der Waals surface area contributed by atoms with E-state index in [-0.39, 0.29) is 32.9 Å². The topological polar surface area (TPSA) is 136 Å². The lowest BCUT2D eigenvalue weighted by Crippen LogP contribution is -2.41. The first kappa shape index (κ1) is 24.6. The predicted molar refractivity (Wildman–Crippen MR) is 121 cm³/mol. The molecular formula is C21H22ClN3O7S. The van der Waals surface area contributed by atoms with Crippen LogP contribution < -0.4 is 5.32 Å². The molecule has 1 amide bonds. The van der Waals surface area contributed by atoms with Gasteiger partial charge in [0.2, 0.25) is 10.0 Å². The van der Waals surface area contributed by atoms with Gasteiger partial charge in [0.25, 0.3) is 11.6 Å². The van der Waals surface area contributed by atoms with Gasteiger partial charge in [-0.2, -0.15) is 4.31 Å². The van der Waals surface area contributed by atoms with Crippen LogP contribution in [0.1, 0.15) is 36.5 Å². The maximum atomic E-state index is 12.9. The molecule has 2 aromatic rings. The largest absolute Gasteiger partial charge is 0.452 e. The van der Waals surface area contributed by atoms with E-state index in [1.165, 1.54) is 40.7 Å². The average molecular weight is 496 g/mol. The van der Waals surface area contributed by atoms with Crippen molar-refractivity contribution in [2.75, 3.05) is 18.5 Å². The third-order valence-corrected chi connectivity index (χ3v) is 7.55. The Morgan fingerprint density at radius 3 is 2.52 bits per heavy atom. The van der Waals surface area contributed by atoms with Crippen molar-refractivity contribution < 1.29 is 27.7 Å². The molecule has 1 saturated heterocycles. The van der Waals surface area contributed by atoms with Gasteiger partial charge < -0.3 is 10.1 Å². The maximum Gasteiger partial charge on any atom is 0.338 e. The summed E-state index contributed by atoms with van der Waals surface area (Å²) in [5, 5.41) is 13.1. The van der Waals surface area contributed by atoms with Crippen molar-refractivity contribution in [1.29, 1.82) is 0 Å². The summed E-state index contributed by atoms with van der Waals surface area (Å²) in [7, 11) is -3.66. The minimum Gasteiger partial charge on any atom is -0.452 e. The van der Waals surface area contributed by atoms with E-state index in [9.17, 15) is 28.1 Å². The number of ether oxygens (including phenoxy) is 1. The molecule has 33 heavy (non-hydrogen) atoms. The van der Waals surface area contributed by atoms with Crippen molar-refractivity contribution in [1.82, 2.24) is 4.31 Å². The smallest absolute Gasteiger partial charge is 0.338 e. The fourth-order valence-electron chi connectivity index (χ4n) is 3.45. The number of amides is 1. The molecule has 1 N–H and O–H groups in total. The van der Waals surface area contributed by atoms with Gasteiger partial charge >= 0.3 is 5.97 Å². The van der Waals surface area contributed by atoms with Gasteiger partial charge in [0, 0.05) is 24.7 Å². The van der Waals surface area contributed by atoms with Crippen LogP contribution in [-0.4, -0.2) is 48.7 Å². The Morgan fingerprint density at radius 2 is 1.91 bits per heavy atom. The highest BCUT2D eigenvalue weighted by Gasteiger charge is 2.31. The summed E-state index contributed by atoms with van der Waals surface area (Å²) in [5.41, 5.74) is -0.0174. The van der Waals surface area contributed by atoms with Crippen LogP contribution in [0.3, 0.4) is 0 Å². The summed E-state index contributed by atoms with van der Waals surface area (Å²) in [6, 6.07) is 8.77. The molecule has 10 nitrogen and oxygen atoms in total. The number of non-ortho nitro benzene ring substituents is 1. The summed E-state index contributed by atoms with van der Waals surface area (Å²) >= 11 is 5.91. The number of anilines is 1. The number of nitro benzene ring substituents is 1. The molecule has 0 spiro atoms. The molecule has 0 bridgehead atoms. The highest BCUT2D eigenvalue weighted by Crippen LogP contribution is 2.27.